The molecule has 0 unspecified atom stereocenters. The van der Waals surface area contributed by atoms with E-state index in [4.69, 9.17) is 0 Å². The van der Waals surface area contributed by atoms with Crippen LogP contribution in [0, 0.1) is 0 Å². The van der Waals surface area contributed by atoms with Crippen molar-refractivity contribution >= 4 is 43.5 Å². The quantitative estimate of drug-likeness (QED) is 0.131. The molecule has 0 amide bonds. The Kier molecular flexibility index (Phi) is 14.5. The van der Waals surface area contributed by atoms with E-state index in [9.17, 15) is 0 Å². The van der Waals surface area contributed by atoms with Crippen LogP contribution in [0.15, 0.2) is 0 Å². The molecule has 0 nitrogen and oxygen atoms in total. The average Bonchev–Trinajstić information content (AvgIpc) is 2.54. The normalized spacial score (nSPS) is 18.5. The van der Waals surface area contributed by atoms with E-state index in [2.05, 4.69) is 40.0 Å². The fourth-order valence-corrected chi connectivity index (χ4v) is 244. The van der Waals surface area contributed by atoms with Gasteiger partial charge in [-0.2, -0.15) is 0 Å². The topological polar surface area (TPSA) is 0 Å². The molecule has 4 heteroatoms. The van der Waals surface area contributed by atoms with Crippen molar-refractivity contribution < 1.29 is 0 Å². The molecule has 1 aliphatic rings. The Hall–Kier alpha value is 2.30. The van der Waals surface area contributed by atoms with Gasteiger partial charge in [-0.1, -0.05) is 0 Å². The summed E-state index contributed by atoms with van der Waals surface area (Å²) in [5, 5.41) is 0. The van der Waals surface area contributed by atoms with Crippen molar-refractivity contribution in [2.45, 2.75) is 122 Å². The zero-order chi connectivity index (χ0) is 17.7. The van der Waals surface area contributed by atoms with Crippen LogP contribution in [0.25, 0.3) is 0 Å². The summed E-state index contributed by atoms with van der Waals surface area (Å²) in [6.07, 6.45) is 23.7. The maximum absolute atomic E-state index is 2.85. The van der Waals surface area contributed by atoms with Gasteiger partial charge in [0.2, 0.25) is 0 Å². The molecule has 0 bridgehead atoms. The molecule has 144 valence electrons. The number of rotatable bonds is 16. The zero-order valence-electron chi connectivity index (χ0n) is 17.1. The third-order valence-corrected chi connectivity index (χ3v) is 174. The van der Waals surface area contributed by atoms with E-state index in [0.717, 1.165) is 0 Å². The fraction of sp³-hybridized carbons (Fsp3) is 1.00. The summed E-state index contributed by atoms with van der Waals surface area (Å²) in [4.78, 5) is 0. The van der Waals surface area contributed by atoms with Crippen molar-refractivity contribution in [3.63, 3.8) is 0 Å². The number of unbranched alkanes of at least 4 members (excludes halogenated alkanes) is 8. The molecule has 1 aliphatic heterocycles. The van der Waals surface area contributed by atoms with Crippen LogP contribution >= 0.6 is 12.3 Å². The van der Waals surface area contributed by atoms with E-state index in [0.29, 0.717) is 0 Å². The second kappa shape index (κ2) is 14.3. The van der Waals surface area contributed by atoms with E-state index in [1.807, 2.05) is 0 Å². The molecule has 0 aliphatic carbocycles. The second-order valence-electron chi connectivity index (χ2n) is 7.85. The first-order valence-electron chi connectivity index (χ1n) is 11.1. The SMILES string of the molecule is CCCC[CH2][Sn]1([CH2]CCCC)[S][Sn]([CH2]CCCC)([CH2]CCCC)[S]1. The predicted molar refractivity (Wildman–Crippen MR) is 124 cm³/mol. The molecule has 1 heterocycles. The van der Waals surface area contributed by atoms with E-state index in [-0.39, 0.29) is 0 Å². The van der Waals surface area contributed by atoms with Gasteiger partial charge in [0.25, 0.3) is 0 Å². The molecular weight excluding hydrogens is 542 g/mol. The van der Waals surface area contributed by atoms with Crippen molar-refractivity contribution in [2.75, 3.05) is 0 Å². The molecule has 0 aromatic heterocycles. The number of hydrogen-bond acceptors (Lipinski definition) is 2. The summed E-state index contributed by atoms with van der Waals surface area (Å²) in [5.41, 5.74) is 0. The van der Waals surface area contributed by atoms with Gasteiger partial charge in [-0.3, -0.25) is 0 Å². The van der Waals surface area contributed by atoms with Gasteiger partial charge in [0, 0.05) is 0 Å². The molecule has 0 radical (unpaired) electrons. The van der Waals surface area contributed by atoms with Gasteiger partial charge in [-0.05, 0) is 0 Å². The van der Waals surface area contributed by atoms with Crippen molar-refractivity contribution in [2.24, 2.45) is 0 Å². The minimum atomic E-state index is -1.78. The average molecular weight is 586 g/mol. The zero-order valence-corrected chi connectivity index (χ0v) is 24.5. The predicted octanol–water partition coefficient (Wildman–Crippen LogP) is 9.11. The Bertz CT molecular complexity index is 252. The van der Waals surface area contributed by atoms with Crippen molar-refractivity contribution in [1.82, 2.24) is 0 Å². The summed E-state index contributed by atoms with van der Waals surface area (Å²) >= 11 is -3.56. The Morgan fingerprint density at radius 2 is 0.667 bits per heavy atom. The second-order valence-corrected chi connectivity index (χ2v) is 75.7. The van der Waals surface area contributed by atoms with E-state index >= 15 is 0 Å². The van der Waals surface area contributed by atoms with Gasteiger partial charge in [0.1, 0.15) is 0 Å². The van der Waals surface area contributed by atoms with Gasteiger partial charge in [-0.25, -0.2) is 0 Å². The van der Waals surface area contributed by atoms with Crippen molar-refractivity contribution in [3.8, 4) is 0 Å². The standard InChI is InChI=1S/4C5H11.2S.2Sn/c4*1-3-5-4-2;;;;/h4*1,3-5H2,2H3;;;;. The van der Waals surface area contributed by atoms with Crippen LogP contribution in [0.2, 0.25) is 17.7 Å². The molecular formula is C20H44S2Sn2. The number of hydrogen-bond donors (Lipinski definition) is 0. The van der Waals surface area contributed by atoms with Crippen LogP contribution in [0.4, 0.5) is 0 Å². The van der Waals surface area contributed by atoms with Crippen LogP contribution in [0.1, 0.15) is 105 Å². The summed E-state index contributed by atoms with van der Waals surface area (Å²) < 4.78 is 6.90. The van der Waals surface area contributed by atoms with Crippen molar-refractivity contribution in [3.05, 3.63) is 0 Å². The van der Waals surface area contributed by atoms with E-state index < -0.39 is 31.2 Å². The molecule has 1 fully saturated rings. The fourth-order valence-electron chi connectivity index (χ4n) is 3.92. The summed E-state index contributed by atoms with van der Waals surface area (Å²) in [7, 11) is 0. The van der Waals surface area contributed by atoms with Crippen LogP contribution < -0.4 is 0 Å². The molecule has 0 aromatic carbocycles. The Balaban J connectivity index is 2.58. The van der Waals surface area contributed by atoms with Crippen LogP contribution in [-0.4, -0.2) is 31.2 Å². The first-order chi connectivity index (χ1) is 11.7. The monoisotopic (exact) mass is 588 g/mol. The van der Waals surface area contributed by atoms with Gasteiger partial charge in [0.15, 0.2) is 0 Å². The van der Waals surface area contributed by atoms with Gasteiger partial charge < -0.3 is 0 Å². The molecule has 1 rings (SSSR count). The van der Waals surface area contributed by atoms with Crippen LogP contribution in [-0.2, 0) is 0 Å². The van der Waals surface area contributed by atoms with E-state index in [1.54, 1.807) is 43.4 Å². The molecule has 0 spiro atoms. The summed E-state index contributed by atoms with van der Waals surface area (Å²) in [5.74, 6) is 0. The third-order valence-electron chi connectivity index (χ3n) is 5.39. The molecule has 0 N–H and O–H groups in total. The van der Waals surface area contributed by atoms with Gasteiger partial charge in [-0.15, -0.1) is 0 Å². The van der Waals surface area contributed by atoms with Gasteiger partial charge >= 0.3 is 166 Å². The van der Waals surface area contributed by atoms with Crippen molar-refractivity contribution in [1.29, 1.82) is 0 Å². The Labute approximate surface area is 164 Å². The Morgan fingerprint density at radius 1 is 0.417 bits per heavy atom. The summed E-state index contributed by atoms with van der Waals surface area (Å²) in [6, 6.07) is 0. The Morgan fingerprint density at radius 3 is 0.875 bits per heavy atom. The molecule has 1 saturated heterocycles. The molecule has 0 aromatic rings. The first kappa shape index (κ1) is 24.3. The molecule has 0 saturated carbocycles. The minimum absolute atomic E-state index is 1.41. The third kappa shape index (κ3) is 8.99. The summed E-state index contributed by atoms with van der Waals surface area (Å²) in [6.45, 7) is 9.50. The maximum atomic E-state index is 2.85. The van der Waals surface area contributed by atoms with Crippen LogP contribution in [0.3, 0.4) is 0 Å². The molecule has 24 heavy (non-hydrogen) atoms. The van der Waals surface area contributed by atoms with Gasteiger partial charge in [0.05, 0.1) is 0 Å². The van der Waals surface area contributed by atoms with Crippen LogP contribution in [0.5, 0.6) is 0 Å². The molecule has 0 atom stereocenters. The first-order valence-corrected chi connectivity index (χ1v) is 34.7. The van der Waals surface area contributed by atoms with E-state index in [1.165, 1.54) is 51.4 Å².